The number of nitrogens with one attached hydrogen (secondary N) is 1. The second kappa shape index (κ2) is 4.77. The van der Waals surface area contributed by atoms with E-state index in [1.807, 2.05) is 17.8 Å². The lowest BCUT2D eigenvalue weighted by molar-refractivity contribution is 0.0774. The summed E-state index contributed by atoms with van der Waals surface area (Å²) < 4.78 is 2.01. The van der Waals surface area contributed by atoms with Crippen molar-refractivity contribution in [3.63, 3.8) is 0 Å². The van der Waals surface area contributed by atoms with Gasteiger partial charge in [-0.3, -0.25) is 4.79 Å². The zero-order valence-corrected chi connectivity index (χ0v) is 10.7. The molecule has 1 amide bonds. The Kier molecular flexibility index (Phi) is 3.36. The van der Waals surface area contributed by atoms with Gasteiger partial charge in [-0.2, -0.15) is 0 Å². The van der Waals surface area contributed by atoms with E-state index in [9.17, 15) is 4.79 Å². The molecule has 0 saturated carbocycles. The highest BCUT2D eigenvalue weighted by molar-refractivity contribution is 5.92. The normalized spacial score (nSPS) is 14.4. The van der Waals surface area contributed by atoms with E-state index >= 15 is 0 Å². The number of rotatable bonds is 3. The van der Waals surface area contributed by atoms with Crippen molar-refractivity contribution in [2.75, 3.05) is 25.5 Å². The molecule has 0 unspecified atom stereocenters. The van der Waals surface area contributed by atoms with Gasteiger partial charge in [-0.05, 0) is 12.3 Å². The first kappa shape index (κ1) is 12.0. The predicted molar refractivity (Wildman–Crippen MR) is 67.1 cm³/mol. The van der Waals surface area contributed by atoms with Gasteiger partial charge in [0.15, 0.2) is 0 Å². The minimum Gasteiger partial charge on any atom is -0.356 e. The maximum Gasteiger partial charge on any atom is 0.273 e. The van der Waals surface area contributed by atoms with Gasteiger partial charge in [-0.25, -0.2) is 4.98 Å². The summed E-state index contributed by atoms with van der Waals surface area (Å²) in [4.78, 5) is 18.2. The van der Waals surface area contributed by atoms with Crippen molar-refractivity contribution in [3.05, 3.63) is 11.9 Å². The third-order valence-electron chi connectivity index (χ3n) is 2.84. The Labute approximate surface area is 102 Å². The largest absolute Gasteiger partial charge is 0.356 e. The molecule has 5 heteroatoms. The topological polar surface area (TPSA) is 50.2 Å². The highest BCUT2D eigenvalue weighted by Gasteiger charge is 2.19. The summed E-state index contributed by atoms with van der Waals surface area (Å²) in [6.45, 7) is 6.84. The SMILES string of the molecule is CC(C)CN(C)C(=O)c1cn2c(n1)NCCC2. The minimum absolute atomic E-state index is 0.00222. The van der Waals surface area contributed by atoms with Crippen molar-refractivity contribution in [2.24, 2.45) is 5.92 Å². The standard InChI is InChI=1S/C12H20N4O/c1-9(2)7-15(3)11(17)10-8-16-6-4-5-13-12(16)14-10/h8-9H,4-7H2,1-3H3,(H,13,14). The van der Waals surface area contributed by atoms with Crippen LogP contribution in [0.2, 0.25) is 0 Å². The molecule has 17 heavy (non-hydrogen) atoms. The average molecular weight is 236 g/mol. The number of aromatic nitrogens is 2. The van der Waals surface area contributed by atoms with Gasteiger partial charge < -0.3 is 14.8 Å². The molecule has 2 rings (SSSR count). The molecule has 2 heterocycles. The number of aryl methyl sites for hydroxylation is 1. The smallest absolute Gasteiger partial charge is 0.273 e. The van der Waals surface area contributed by atoms with Gasteiger partial charge in [0.2, 0.25) is 5.95 Å². The van der Waals surface area contributed by atoms with E-state index in [1.54, 1.807) is 4.90 Å². The average Bonchev–Trinajstić information content (AvgIpc) is 2.70. The lowest BCUT2D eigenvalue weighted by Crippen LogP contribution is -2.30. The molecular formula is C12H20N4O. The van der Waals surface area contributed by atoms with Gasteiger partial charge in [0.05, 0.1) is 0 Å². The fourth-order valence-corrected chi connectivity index (χ4v) is 2.11. The Morgan fingerprint density at radius 2 is 2.41 bits per heavy atom. The molecule has 94 valence electrons. The van der Waals surface area contributed by atoms with E-state index in [-0.39, 0.29) is 5.91 Å². The Morgan fingerprint density at radius 1 is 1.65 bits per heavy atom. The first-order chi connectivity index (χ1) is 8.08. The van der Waals surface area contributed by atoms with Crippen molar-refractivity contribution in [1.29, 1.82) is 0 Å². The van der Waals surface area contributed by atoms with Crippen molar-refractivity contribution in [2.45, 2.75) is 26.8 Å². The van der Waals surface area contributed by atoms with Crippen LogP contribution in [0.5, 0.6) is 0 Å². The summed E-state index contributed by atoms with van der Waals surface area (Å²) in [6, 6.07) is 0. The summed E-state index contributed by atoms with van der Waals surface area (Å²) in [7, 11) is 1.83. The van der Waals surface area contributed by atoms with Crippen LogP contribution in [0.15, 0.2) is 6.20 Å². The van der Waals surface area contributed by atoms with E-state index in [0.717, 1.165) is 32.0 Å². The van der Waals surface area contributed by atoms with E-state index < -0.39 is 0 Å². The molecule has 5 nitrogen and oxygen atoms in total. The van der Waals surface area contributed by atoms with Gasteiger partial charge >= 0.3 is 0 Å². The molecule has 1 aromatic heterocycles. The van der Waals surface area contributed by atoms with Crippen molar-refractivity contribution in [3.8, 4) is 0 Å². The van der Waals surface area contributed by atoms with Gasteiger partial charge in [0.1, 0.15) is 5.69 Å². The third kappa shape index (κ3) is 2.60. The van der Waals surface area contributed by atoms with Crippen LogP contribution < -0.4 is 5.32 Å². The lowest BCUT2D eigenvalue weighted by atomic mass is 10.2. The quantitative estimate of drug-likeness (QED) is 0.863. The number of carbonyl (C=O) groups excluding carboxylic acids is 1. The van der Waals surface area contributed by atoms with Crippen LogP contribution >= 0.6 is 0 Å². The molecule has 0 atom stereocenters. The maximum absolute atomic E-state index is 12.1. The number of imidazole rings is 1. The molecule has 0 fully saturated rings. The number of amides is 1. The molecule has 0 radical (unpaired) electrons. The van der Waals surface area contributed by atoms with Crippen molar-refractivity contribution < 1.29 is 4.79 Å². The summed E-state index contributed by atoms with van der Waals surface area (Å²) in [6.07, 6.45) is 2.93. The lowest BCUT2D eigenvalue weighted by Gasteiger charge is -2.17. The van der Waals surface area contributed by atoms with Crippen LogP contribution in [0, 0.1) is 5.92 Å². The molecule has 0 aliphatic carbocycles. The van der Waals surface area contributed by atoms with Gasteiger partial charge in [-0.15, -0.1) is 0 Å². The number of anilines is 1. The number of hydrogen-bond donors (Lipinski definition) is 1. The molecule has 1 aromatic rings. The summed E-state index contributed by atoms with van der Waals surface area (Å²) in [5.74, 6) is 1.29. The highest BCUT2D eigenvalue weighted by Crippen LogP contribution is 2.15. The molecule has 1 N–H and O–H groups in total. The minimum atomic E-state index is 0.00222. The van der Waals surface area contributed by atoms with E-state index in [1.165, 1.54) is 0 Å². The second-order valence-electron chi connectivity index (χ2n) is 5.00. The first-order valence-electron chi connectivity index (χ1n) is 6.14. The van der Waals surface area contributed by atoms with E-state index in [0.29, 0.717) is 11.6 Å². The zero-order valence-electron chi connectivity index (χ0n) is 10.7. The summed E-state index contributed by atoms with van der Waals surface area (Å²) in [5.41, 5.74) is 0.539. The molecular weight excluding hydrogens is 216 g/mol. The molecule has 0 aromatic carbocycles. The number of fused-ring (bicyclic) bond motifs is 1. The maximum atomic E-state index is 12.1. The fourth-order valence-electron chi connectivity index (χ4n) is 2.11. The number of carbonyl (C=O) groups is 1. The highest BCUT2D eigenvalue weighted by atomic mass is 16.2. The van der Waals surface area contributed by atoms with Crippen molar-refractivity contribution >= 4 is 11.9 Å². The van der Waals surface area contributed by atoms with Gasteiger partial charge in [0.25, 0.3) is 5.91 Å². The van der Waals surface area contributed by atoms with Crippen molar-refractivity contribution in [1.82, 2.24) is 14.5 Å². The Morgan fingerprint density at radius 3 is 3.06 bits per heavy atom. The van der Waals surface area contributed by atoms with Crippen LogP contribution in [-0.2, 0) is 6.54 Å². The molecule has 0 saturated heterocycles. The summed E-state index contributed by atoms with van der Waals surface area (Å²) >= 11 is 0. The second-order valence-corrected chi connectivity index (χ2v) is 5.00. The van der Waals surface area contributed by atoms with Crippen LogP contribution in [0.4, 0.5) is 5.95 Å². The van der Waals surface area contributed by atoms with Crippen LogP contribution in [0.3, 0.4) is 0 Å². The Hall–Kier alpha value is -1.52. The molecule has 0 spiro atoms. The molecule has 1 aliphatic rings. The van der Waals surface area contributed by atoms with Crippen LogP contribution in [-0.4, -0.2) is 40.5 Å². The predicted octanol–water partition coefficient (Wildman–Crippen LogP) is 1.43. The number of hydrogen-bond acceptors (Lipinski definition) is 3. The third-order valence-corrected chi connectivity index (χ3v) is 2.84. The monoisotopic (exact) mass is 236 g/mol. The fraction of sp³-hybridized carbons (Fsp3) is 0.667. The van der Waals surface area contributed by atoms with E-state index in [4.69, 9.17) is 0 Å². The van der Waals surface area contributed by atoms with Crippen LogP contribution in [0.25, 0.3) is 0 Å². The van der Waals surface area contributed by atoms with Crippen LogP contribution in [0.1, 0.15) is 30.8 Å². The zero-order chi connectivity index (χ0) is 12.4. The Balaban J connectivity index is 2.11. The van der Waals surface area contributed by atoms with Gasteiger partial charge in [0, 0.05) is 32.9 Å². The molecule has 0 bridgehead atoms. The Bertz CT molecular complexity index is 387. The first-order valence-corrected chi connectivity index (χ1v) is 6.14. The molecule has 1 aliphatic heterocycles. The van der Waals surface area contributed by atoms with E-state index in [2.05, 4.69) is 24.1 Å². The number of nitrogens with zero attached hydrogens (tertiary/aromatic N) is 3. The summed E-state index contributed by atoms with van der Waals surface area (Å²) in [5, 5.41) is 3.20. The van der Waals surface area contributed by atoms with Gasteiger partial charge in [-0.1, -0.05) is 13.8 Å².